The summed E-state index contributed by atoms with van der Waals surface area (Å²) < 4.78 is 10.7. The normalized spacial score (nSPS) is 18.3. The summed E-state index contributed by atoms with van der Waals surface area (Å²) in [5.74, 6) is 0.282. The number of carbonyl (C=O) groups excluding carboxylic acids is 3. The monoisotopic (exact) mass is 375 g/mol. The second kappa shape index (κ2) is 8.85. The molecular formula is C19H25N3O5. The Kier molecular flexibility index (Phi) is 6.28. The molecule has 0 spiro atoms. The number of hydrogen-bond acceptors (Lipinski definition) is 5. The van der Waals surface area contributed by atoms with Crippen molar-refractivity contribution in [3.63, 3.8) is 0 Å². The lowest BCUT2D eigenvalue weighted by atomic mass is 10.2. The van der Waals surface area contributed by atoms with E-state index in [1.807, 2.05) is 0 Å². The molecule has 0 aromatic heterocycles. The molecule has 1 aromatic carbocycles. The number of rotatable bonds is 6. The number of carbonyl (C=O) groups is 3. The Morgan fingerprint density at radius 3 is 2.52 bits per heavy atom. The fraction of sp³-hybridized carbons (Fsp3) is 0.526. The molecule has 1 unspecified atom stereocenters. The zero-order valence-electron chi connectivity index (χ0n) is 15.5. The average molecular weight is 375 g/mol. The summed E-state index contributed by atoms with van der Waals surface area (Å²) >= 11 is 0. The Morgan fingerprint density at radius 1 is 1.19 bits per heavy atom. The van der Waals surface area contributed by atoms with Crippen molar-refractivity contribution in [2.45, 2.75) is 25.8 Å². The van der Waals surface area contributed by atoms with Crippen LogP contribution in [-0.2, 0) is 19.1 Å². The first-order valence-electron chi connectivity index (χ1n) is 9.23. The van der Waals surface area contributed by atoms with Crippen molar-refractivity contribution in [2.24, 2.45) is 0 Å². The topological polar surface area (TPSA) is 88.2 Å². The Hall–Kier alpha value is -2.61. The van der Waals surface area contributed by atoms with Crippen LogP contribution < -0.4 is 10.1 Å². The molecule has 1 aromatic rings. The molecular weight excluding hydrogens is 350 g/mol. The molecule has 0 bridgehead atoms. The second-order valence-electron chi connectivity index (χ2n) is 6.66. The number of anilines is 1. The van der Waals surface area contributed by atoms with Crippen molar-refractivity contribution in [3.05, 3.63) is 24.3 Å². The fourth-order valence-electron chi connectivity index (χ4n) is 3.15. The van der Waals surface area contributed by atoms with Crippen LogP contribution in [0, 0.1) is 0 Å². The molecule has 3 amide bonds. The SMILES string of the molecule is CC(C(=O)Nc1ccc(OCC(=O)N2CCOCC2)cc1)N1CCCC1=O. The van der Waals surface area contributed by atoms with Gasteiger partial charge in [-0.15, -0.1) is 0 Å². The molecule has 146 valence electrons. The number of ether oxygens (including phenoxy) is 2. The van der Waals surface area contributed by atoms with Crippen LogP contribution in [0.1, 0.15) is 19.8 Å². The van der Waals surface area contributed by atoms with Gasteiger partial charge in [-0.05, 0) is 37.6 Å². The van der Waals surface area contributed by atoms with Crippen molar-refractivity contribution < 1.29 is 23.9 Å². The standard InChI is InChI=1S/C19H25N3O5/c1-14(22-8-2-3-17(22)23)19(25)20-15-4-6-16(7-5-15)27-13-18(24)21-9-11-26-12-10-21/h4-7,14H,2-3,8-13H2,1H3,(H,20,25). The summed E-state index contributed by atoms with van der Waals surface area (Å²) in [6, 6.07) is 6.33. The van der Waals surface area contributed by atoms with Crippen molar-refractivity contribution >= 4 is 23.4 Å². The summed E-state index contributed by atoms with van der Waals surface area (Å²) in [5.41, 5.74) is 0.616. The van der Waals surface area contributed by atoms with E-state index < -0.39 is 6.04 Å². The number of morpholine rings is 1. The van der Waals surface area contributed by atoms with Gasteiger partial charge in [0.25, 0.3) is 5.91 Å². The van der Waals surface area contributed by atoms with Crippen LogP contribution in [0.5, 0.6) is 5.75 Å². The van der Waals surface area contributed by atoms with Crippen LogP contribution in [0.25, 0.3) is 0 Å². The highest BCUT2D eigenvalue weighted by atomic mass is 16.5. The summed E-state index contributed by atoms with van der Waals surface area (Å²) in [4.78, 5) is 39.5. The van der Waals surface area contributed by atoms with Crippen molar-refractivity contribution in [1.29, 1.82) is 0 Å². The van der Waals surface area contributed by atoms with E-state index in [2.05, 4.69) is 5.32 Å². The van der Waals surface area contributed by atoms with Gasteiger partial charge < -0.3 is 24.6 Å². The smallest absolute Gasteiger partial charge is 0.260 e. The maximum atomic E-state index is 12.3. The fourth-order valence-corrected chi connectivity index (χ4v) is 3.15. The van der Waals surface area contributed by atoms with E-state index in [1.165, 1.54) is 0 Å². The third-order valence-electron chi connectivity index (χ3n) is 4.80. The molecule has 2 aliphatic rings. The lowest BCUT2D eigenvalue weighted by Crippen LogP contribution is -2.43. The number of nitrogens with zero attached hydrogens (tertiary/aromatic N) is 2. The molecule has 2 fully saturated rings. The van der Waals surface area contributed by atoms with E-state index in [9.17, 15) is 14.4 Å². The largest absolute Gasteiger partial charge is 0.484 e. The Bertz CT molecular complexity index is 685. The molecule has 1 N–H and O–H groups in total. The van der Waals surface area contributed by atoms with Gasteiger partial charge in [-0.25, -0.2) is 0 Å². The molecule has 1 atom stereocenters. The highest BCUT2D eigenvalue weighted by Gasteiger charge is 2.29. The third kappa shape index (κ3) is 4.97. The number of amides is 3. The van der Waals surface area contributed by atoms with Gasteiger partial charge in [0, 0.05) is 31.7 Å². The molecule has 2 aliphatic heterocycles. The van der Waals surface area contributed by atoms with Gasteiger partial charge in [0.2, 0.25) is 11.8 Å². The minimum Gasteiger partial charge on any atom is -0.484 e. The molecule has 2 saturated heterocycles. The highest BCUT2D eigenvalue weighted by molar-refractivity contribution is 5.97. The van der Waals surface area contributed by atoms with Gasteiger partial charge >= 0.3 is 0 Å². The molecule has 0 radical (unpaired) electrons. The summed E-state index contributed by atoms with van der Waals surface area (Å²) in [6.45, 7) is 4.61. The van der Waals surface area contributed by atoms with Crippen LogP contribution in [0.4, 0.5) is 5.69 Å². The van der Waals surface area contributed by atoms with Gasteiger partial charge in [0.15, 0.2) is 6.61 Å². The minimum absolute atomic E-state index is 0.0198. The molecule has 3 rings (SSSR count). The number of nitrogens with one attached hydrogen (secondary N) is 1. The first-order valence-corrected chi connectivity index (χ1v) is 9.23. The zero-order valence-corrected chi connectivity index (χ0v) is 15.5. The average Bonchev–Trinajstić information content (AvgIpc) is 3.13. The van der Waals surface area contributed by atoms with Crippen LogP contribution in [-0.4, -0.2) is 73.0 Å². The maximum Gasteiger partial charge on any atom is 0.260 e. The second-order valence-corrected chi connectivity index (χ2v) is 6.66. The van der Waals surface area contributed by atoms with Crippen LogP contribution >= 0.6 is 0 Å². The van der Waals surface area contributed by atoms with E-state index in [-0.39, 0.29) is 24.3 Å². The van der Waals surface area contributed by atoms with E-state index in [1.54, 1.807) is 41.0 Å². The Morgan fingerprint density at radius 2 is 1.89 bits per heavy atom. The lowest BCUT2D eigenvalue weighted by molar-refractivity contribution is -0.137. The Labute approximate surface area is 158 Å². The predicted molar refractivity (Wildman–Crippen MR) is 98.4 cm³/mol. The molecule has 8 nitrogen and oxygen atoms in total. The lowest BCUT2D eigenvalue weighted by Gasteiger charge is -2.26. The first kappa shape index (κ1) is 19.2. The number of likely N-dealkylation sites (tertiary alicyclic amines) is 1. The summed E-state index contributed by atoms with van der Waals surface area (Å²) in [5, 5.41) is 2.81. The zero-order chi connectivity index (χ0) is 19.2. The summed E-state index contributed by atoms with van der Waals surface area (Å²) in [6.07, 6.45) is 1.30. The number of hydrogen-bond donors (Lipinski definition) is 1. The van der Waals surface area contributed by atoms with Gasteiger partial charge in [0.1, 0.15) is 11.8 Å². The van der Waals surface area contributed by atoms with Gasteiger partial charge in [-0.2, -0.15) is 0 Å². The van der Waals surface area contributed by atoms with Crippen molar-refractivity contribution in [3.8, 4) is 5.75 Å². The highest BCUT2D eigenvalue weighted by Crippen LogP contribution is 2.18. The molecule has 2 heterocycles. The van der Waals surface area contributed by atoms with Gasteiger partial charge in [0.05, 0.1) is 13.2 Å². The van der Waals surface area contributed by atoms with E-state index >= 15 is 0 Å². The molecule has 8 heteroatoms. The van der Waals surface area contributed by atoms with Gasteiger partial charge in [-0.1, -0.05) is 0 Å². The van der Waals surface area contributed by atoms with Crippen molar-refractivity contribution in [1.82, 2.24) is 9.80 Å². The van der Waals surface area contributed by atoms with Crippen LogP contribution in [0.2, 0.25) is 0 Å². The molecule has 0 saturated carbocycles. The van der Waals surface area contributed by atoms with E-state index in [0.29, 0.717) is 50.7 Å². The van der Waals surface area contributed by atoms with Gasteiger partial charge in [-0.3, -0.25) is 14.4 Å². The maximum absolute atomic E-state index is 12.3. The van der Waals surface area contributed by atoms with Crippen molar-refractivity contribution in [2.75, 3.05) is 44.8 Å². The predicted octanol–water partition coefficient (Wildman–Crippen LogP) is 0.874. The molecule has 0 aliphatic carbocycles. The van der Waals surface area contributed by atoms with E-state index in [0.717, 1.165) is 6.42 Å². The number of benzene rings is 1. The third-order valence-corrected chi connectivity index (χ3v) is 4.80. The van der Waals surface area contributed by atoms with Crippen LogP contribution in [0.15, 0.2) is 24.3 Å². The summed E-state index contributed by atoms with van der Waals surface area (Å²) in [7, 11) is 0. The van der Waals surface area contributed by atoms with E-state index in [4.69, 9.17) is 9.47 Å². The Balaban J connectivity index is 1.47. The first-order chi connectivity index (χ1) is 13.0. The molecule has 27 heavy (non-hydrogen) atoms. The van der Waals surface area contributed by atoms with Crippen LogP contribution in [0.3, 0.4) is 0 Å². The quantitative estimate of drug-likeness (QED) is 0.797. The minimum atomic E-state index is -0.498.